The van der Waals surface area contributed by atoms with Crippen LogP contribution in [0.3, 0.4) is 0 Å². The minimum atomic E-state index is -0.202. The number of rotatable bonds is 4. The van der Waals surface area contributed by atoms with Crippen molar-refractivity contribution in [2.45, 2.75) is 29.9 Å². The highest BCUT2D eigenvalue weighted by Crippen LogP contribution is 2.27. The van der Waals surface area contributed by atoms with E-state index in [4.69, 9.17) is 4.42 Å². The fourth-order valence-corrected chi connectivity index (χ4v) is 2.83. The third-order valence-corrected chi connectivity index (χ3v) is 3.96. The summed E-state index contributed by atoms with van der Waals surface area (Å²) in [6.07, 6.45) is 2.16. The molecule has 0 unspecified atom stereocenters. The molecule has 1 aromatic heterocycles. The molecule has 2 heterocycles. The SMILES string of the molecule is Fc1ccccc1CSc1nnc([C@@H]2CCCN2)o1. The molecule has 4 nitrogen and oxygen atoms in total. The minimum Gasteiger partial charge on any atom is -0.414 e. The average molecular weight is 279 g/mol. The van der Waals surface area contributed by atoms with Crippen LogP contribution in [0.4, 0.5) is 4.39 Å². The maximum atomic E-state index is 13.5. The Morgan fingerprint density at radius 2 is 2.26 bits per heavy atom. The minimum absolute atomic E-state index is 0.176. The summed E-state index contributed by atoms with van der Waals surface area (Å²) in [4.78, 5) is 0. The van der Waals surface area contributed by atoms with Crippen molar-refractivity contribution in [2.75, 3.05) is 6.54 Å². The molecule has 3 rings (SSSR count). The zero-order chi connectivity index (χ0) is 13.1. The van der Waals surface area contributed by atoms with Crippen LogP contribution in [-0.2, 0) is 5.75 Å². The van der Waals surface area contributed by atoms with Gasteiger partial charge in [-0.05, 0) is 31.0 Å². The molecule has 0 radical (unpaired) electrons. The highest BCUT2D eigenvalue weighted by atomic mass is 32.2. The van der Waals surface area contributed by atoms with Gasteiger partial charge in [0.05, 0.1) is 6.04 Å². The average Bonchev–Trinajstić information content (AvgIpc) is 3.09. The second kappa shape index (κ2) is 5.71. The fraction of sp³-hybridized carbons (Fsp3) is 0.385. The van der Waals surface area contributed by atoms with Crippen LogP contribution in [0, 0.1) is 5.82 Å². The Morgan fingerprint density at radius 1 is 1.37 bits per heavy atom. The van der Waals surface area contributed by atoms with Gasteiger partial charge in [0.15, 0.2) is 0 Å². The van der Waals surface area contributed by atoms with Crippen LogP contribution in [0.25, 0.3) is 0 Å². The molecule has 6 heteroatoms. The predicted molar refractivity (Wildman–Crippen MR) is 70.2 cm³/mol. The van der Waals surface area contributed by atoms with Gasteiger partial charge in [0.1, 0.15) is 5.82 Å². The number of hydrogen-bond donors (Lipinski definition) is 1. The van der Waals surface area contributed by atoms with E-state index in [-0.39, 0.29) is 11.9 Å². The van der Waals surface area contributed by atoms with E-state index in [0.29, 0.717) is 22.4 Å². The second-order valence-electron chi connectivity index (χ2n) is 4.44. The van der Waals surface area contributed by atoms with Gasteiger partial charge in [-0.25, -0.2) is 4.39 Å². The zero-order valence-electron chi connectivity index (χ0n) is 10.3. The van der Waals surface area contributed by atoms with Gasteiger partial charge in [0, 0.05) is 5.75 Å². The van der Waals surface area contributed by atoms with Crippen molar-refractivity contribution in [1.29, 1.82) is 0 Å². The molecule has 0 amide bonds. The first-order valence-electron chi connectivity index (χ1n) is 6.26. The molecule has 0 saturated carbocycles. The molecule has 0 bridgehead atoms. The molecule has 19 heavy (non-hydrogen) atoms. The van der Waals surface area contributed by atoms with Crippen molar-refractivity contribution < 1.29 is 8.81 Å². The molecule has 1 N–H and O–H groups in total. The van der Waals surface area contributed by atoms with Crippen LogP contribution in [-0.4, -0.2) is 16.7 Å². The highest BCUT2D eigenvalue weighted by molar-refractivity contribution is 7.98. The maximum Gasteiger partial charge on any atom is 0.276 e. The summed E-state index contributed by atoms with van der Waals surface area (Å²) in [6.45, 7) is 0.991. The molecule has 2 aromatic rings. The fourth-order valence-electron chi connectivity index (χ4n) is 2.07. The Morgan fingerprint density at radius 3 is 3.05 bits per heavy atom. The van der Waals surface area contributed by atoms with Crippen molar-refractivity contribution in [3.05, 3.63) is 41.5 Å². The lowest BCUT2D eigenvalue weighted by atomic mass is 10.2. The number of benzene rings is 1. The molecule has 1 saturated heterocycles. The number of halogens is 1. The standard InChI is InChI=1S/C13H14FN3OS/c14-10-5-2-1-4-9(10)8-19-13-17-16-12(18-13)11-6-3-7-15-11/h1-2,4-5,11,15H,3,6-8H2/t11-/m0/s1. The Bertz CT molecular complexity index is 554. The summed E-state index contributed by atoms with van der Waals surface area (Å²) in [5.41, 5.74) is 0.645. The van der Waals surface area contributed by atoms with Gasteiger partial charge in [-0.15, -0.1) is 10.2 Å². The van der Waals surface area contributed by atoms with Crippen molar-refractivity contribution >= 4 is 11.8 Å². The quantitative estimate of drug-likeness (QED) is 0.872. The summed E-state index contributed by atoms with van der Waals surface area (Å²) >= 11 is 1.36. The lowest BCUT2D eigenvalue weighted by molar-refractivity contribution is 0.374. The number of hydrogen-bond acceptors (Lipinski definition) is 5. The summed E-state index contributed by atoms with van der Waals surface area (Å²) in [5, 5.41) is 11.8. The lowest BCUT2D eigenvalue weighted by Gasteiger charge is -2.02. The van der Waals surface area contributed by atoms with E-state index in [1.54, 1.807) is 12.1 Å². The first kappa shape index (κ1) is 12.6. The molecule has 1 atom stereocenters. The summed E-state index contributed by atoms with van der Waals surface area (Å²) in [5.74, 6) is 0.924. The number of nitrogens with one attached hydrogen (secondary N) is 1. The molecule has 1 aliphatic heterocycles. The van der Waals surface area contributed by atoms with Crippen LogP contribution in [0.5, 0.6) is 0 Å². The first-order valence-corrected chi connectivity index (χ1v) is 7.24. The van der Waals surface area contributed by atoms with Crippen molar-refractivity contribution in [1.82, 2.24) is 15.5 Å². The lowest BCUT2D eigenvalue weighted by Crippen LogP contribution is -2.12. The van der Waals surface area contributed by atoms with Crippen LogP contribution >= 0.6 is 11.8 Å². The van der Waals surface area contributed by atoms with Crippen molar-refractivity contribution in [3.63, 3.8) is 0 Å². The number of nitrogens with zero attached hydrogens (tertiary/aromatic N) is 2. The van der Waals surface area contributed by atoms with E-state index in [9.17, 15) is 4.39 Å². The van der Waals surface area contributed by atoms with Crippen LogP contribution < -0.4 is 5.32 Å². The van der Waals surface area contributed by atoms with Gasteiger partial charge in [-0.2, -0.15) is 0 Å². The van der Waals surface area contributed by atoms with Crippen molar-refractivity contribution in [3.8, 4) is 0 Å². The molecule has 100 valence electrons. The van der Waals surface area contributed by atoms with Gasteiger partial charge in [-0.3, -0.25) is 0 Å². The van der Waals surface area contributed by atoms with E-state index in [0.717, 1.165) is 19.4 Å². The smallest absolute Gasteiger partial charge is 0.276 e. The van der Waals surface area contributed by atoms with Gasteiger partial charge in [-0.1, -0.05) is 30.0 Å². The third kappa shape index (κ3) is 2.96. The van der Waals surface area contributed by atoms with Gasteiger partial charge < -0.3 is 9.73 Å². The predicted octanol–water partition coefficient (Wildman–Crippen LogP) is 2.93. The Labute approximate surface area is 114 Å². The maximum absolute atomic E-state index is 13.5. The number of thioether (sulfide) groups is 1. The largest absolute Gasteiger partial charge is 0.414 e. The monoisotopic (exact) mass is 279 g/mol. The van der Waals surface area contributed by atoms with E-state index in [1.165, 1.54) is 17.8 Å². The van der Waals surface area contributed by atoms with Crippen LogP contribution in [0.2, 0.25) is 0 Å². The van der Waals surface area contributed by atoms with Gasteiger partial charge >= 0.3 is 0 Å². The molecular formula is C13H14FN3OS. The summed E-state index contributed by atoms with van der Waals surface area (Å²) < 4.78 is 19.0. The Kier molecular flexibility index (Phi) is 3.79. The van der Waals surface area contributed by atoms with E-state index >= 15 is 0 Å². The van der Waals surface area contributed by atoms with E-state index < -0.39 is 0 Å². The molecule has 0 aliphatic carbocycles. The normalized spacial score (nSPS) is 18.9. The zero-order valence-corrected chi connectivity index (χ0v) is 11.1. The number of aromatic nitrogens is 2. The van der Waals surface area contributed by atoms with Gasteiger partial charge in [0.2, 0.25) is 5.89 Å². The Balaban J connectivity index is 1.63. The summed E-state index contributed by atoms with van der Waals surface area (Å²) in [6, 6.07) is 6.89. The molecule has 1 aromatic carbocycles. The van der Waals surface area contributed by atoms with Gasteiger partial charge in [0.25, 0.3) is 5.22 Å². The molecule has 1 fully saturated rings. The van der Waals surface area contributed by atoms with Crippen molar-refractivity contribution in [2.24, 2.45) is 0 Å². The van der Waals surface area contributed by atoms with E-state index in [2.05, 4.69) is 15.5 Å². The Hall–Kier alpha value is -1.40. The van der Waals surface area contributed by atoms with Crippen LogP contribution in [0.1, 0.15) is 30.3 Å². The molecule has 0 spiro atoms. The second-order valence-corrected chi connectivity index (χ2v) is 5.36. The highest BCUT2D eigenvalue weighted by Gasteiger charge is 2.22. The topological polar surface area (TPSA) is 51.0 Å². The third-order valence-electron chi connectivity index (χ3n) is 3.09. The van der Waals surface area contributed by atoms with E-state index in [1.807, 2.05) is 6.07 Å². The molecule has 1 aliphatic rings. The van der Waals surface area contributed by atoms with Crippen LogP contribution in [0.15, 0.2) is 33.9 Å². The molecular weight excluding hydrogens is 265 g/mol. The first-order chi connectivity index (χ1) is 9.33. The summed E-state index contributed by atoms with van der Waals surface area (Å²) in [7, 11) is 0.